The second-order valence-electron chi connectivity index (χ2n) is 4.21. The van der Waals surface area contributed by atoms with Crippen LogP contribution in [0.4, 0.5) is 15.8 Å². The van der Waals surface area contributed by atoms with Gasteiger partial charge in [-0.1, -0.05) is 24.3 Å². The van der Waals surface area contributed by atoms with E-state index in [1.54, 1.807) is 6.07 Å². The number of rotatable bonds is 5. The maximum Gasteiger partial charge on any atom is 0.338 e. The van der Waals surface area contributed by atoms with E-state index in [1.165, 1.54) is 36.4 Å². The second kappa shape index (κ2) is 6.00. The smallest absolute Gasteiger partial charge is 0.338 e. The Labute approximate surface area is 119 Å². The molecule has 21 heavy (non-hydrogen) atoms. The number of nitro groups is 1. The topological polar surface area (TPSA) is 92.5 Å². The van der Waals surface area contributed by atoms with Crippen LogP contribution in [0.3, 0.4) is 0 Å². The number of carbonyl (C=O) groups is 1. The van der Waals surface area contributed by atoms with Gasteiger partial charge in [0.25, 0.3) is 5.69 Å². The number of hydrogen-bond acceptors (Lipinski definition) is 4. The van der Waals surface area contributed by atoms with Crippen molar-refractivity contribution in [2.45, 2.75) is 6.54 Å². The Balaban J connectivity index is 2.36. The number of carboxylic acids is 1. The lowest BCUT2D eigenvalue weighted by Crippen LogP contribution is -2.09. The summed E-state index contributed by atoms with van der Waals surface area (Å²) in [5, 5.41) is 22.7. The van der Waals surface area contributed by atoms with Gasteiger partial charge in [0, 0.05) is 18.2 Å². The van der Waals surface area contributed by atoms with Crippen LogP contribution < -0.4 is 5.32 Å². The van der Waals surface area contributed by atoms with Crippen LogP contribution in [-0.4, -0.2) is 16.0 Å². The highest BCUT2D eigenvalue weighted by molar-refractivity contribution is 5.96. The molecule has 0 aliphatic rings. The molecule has 0 bridgehead atoms. The Morgan fingerprint density at radius 2 is 1.95 bits per heavy atom. The van der Waals surface area contributed by atoms with Crippen molar-refractivity contribution in [3.05, 3.63) is 69.5 Å². The van der Waals surface area contributed by atoms with Crippen LogP contribution >= 0.6 is 0 Å². The zero-order valence-corrected chi connectivity index (χ0v) is 10.7. The van der Waals surface area contributed by atoms with E-state index in [2.05, 4.69) is 5.32 Å². The number of aromatic carboxylic acids is 1. The van der Waals surface area contributed by atoms with Gasteiger partial charge in [-0.2, -0.15) is 0 Å². The van der Waals surface area contributed by atoms with Crippen molar-refractivity contribution in [1.82, 2.24) is 0 Å². The van der Waals surface area contributed by atoms with Crippen LogP contribution in [0.5, 0.6) is 0 Å². The normalized spacial score (nSPS) is 10.1. The van der Waals surface area contributed by atoms with Gasteiger partial charge >= 0.3 is 5.97 Å². The van der Waals surface area contributed by atoms with E-state index in [1.807, 2.05) is 0 Å². The quantitative estimate of drug-likeness (QED) is 0.652. The number of nitrogens with one attached hydrogen (secondary N) is 1. The Hall–Kier alpha value is -2.96. The summed E-state index contributed by atoms with van der Waals surface area (Å²) in [6.45, 7) is -0.0577. The first-order valence-electron chi connectivity index (χ1n) is 5.98. The molecule has 0 saturated heterocycles. The van der Waals surface area contributed by atoms with Gasteiger partial charge in [-0.05, 0) is 12.1 Å². The zero-order valence-electron chi connectivity index (χ0n) is 10.7. The molecule has 0 atom stereocenters. The largest absolute Gasteiger partial charge is 0.478 e. The zero-order chi connectivity index (χ0) is 15.4. The predicted octanol–water partition coefficient (Wildman–Crippen LogP) is 3.04. The number of para-hydroxylation sites is 1. The molecule has 0 unspecified atom stereocenters. The van der Waals surface area contributed by atoms with E-state index in [0.717, 1.165) is 0 Å². The molecule has 2 N–H and O–H groups in total. The molecular formula is C14H11FN2O4. The number of carboxylic acid groups (broad SMARTS) is 1. The molecule has 0 saturated carbocycles. The van der Waals surface area contributed by atoms with Gasteiger partial charge in [0.2, 0.25) is 0 Å². The average Bonchev–Trinajstić information content (AvgIpc) is 2.45. The fourth-order valence-electron chi connectivity index (χ4n) is 1.88. The van der Waals surface area contributed by atoms with Crippen molar-refractivity contribution < 1.29 is 19.2 Å². The molecule has 7 heteroatoms. The van der Waals surface area contributed by atoms with Gasteiger partial charge in [-0.25, -0.2) is 9.18 Å². The van der Waals surface area contributed by atoms with Gasteiger partial charge in [0.15, 0.2) is 0 Å². The summed E-state index contributed by atoms with van der Waals surface area (Å²) < 4.78 is 13.5. The van der Waals surface area contributed by atoms with E-state index < -0.39 is 16.7 Å². The highest BCUT2D eigenvalue weighted by atomic mass is 19.1. The fourth-order valence-corrected chi connectivity index (χ4v) is 1.88. The van der Waals surface area contributed by atoms with Crippen LogP contribution in [-0.2, 0) is 6.54 Å². The molecule has 0 aliphatic heterocycles. The van der Waals surface area contributed by atoms with Crippen LogP contribution in [0.15, 0.2) is 42.5 Å². The van der Waals surface area contributed by atoms with Gasteiger partial charge in [0.1, 0.15) is 11.5 Å². The van der Waals surface area contributed by atoms with E-state index in [0.29, 0.717) is 0 Å². The number of hydrogen-bond donors (Lipinski definition) is 2. The van der Waals surface area contributed by atoms with E-state index in [4.69, 9.17) is 5.11 Å². The minimum Gasteiger partial charge on any atom is -0.478 e. The number of benzene rings is 2. The van der Waals surface area contributed by atoms with Gasteiger partial charge in [-0.15, -0.1) is 0 Å². The molecule has 108 valence electrons. The van der Waals surface area contributed by atoms with Crippen LogP contribution in [0, 0.1) is 15.9 Å². The summed E-state index contributed by atoms with van der Waals surface area (Å²) in [6, 6.07) is 9.64. The summed E-state index contributed by atoms with van der Waals surface area (Å²) >= 11 is 0. The minimum atomic E-state index is -1.30. The highest BCUT2D eigenvalue weighted by Gasteiger charge is 2.21. The third-order valence-electron chi connectivity index (χ3n) is 2.88. The van der Waals surface area contributed by atoms with Crippen molar-refractivity contribution in [3.63, 3.8) is 0 Å². The van der Waals surface area contributed by atoms with Crippen molar-refractivity contribution >= 4 is 17.3 Å². The number of halogens is 1. The molecule has 0 aromatic heterocycles. The Bertz CT molecular complexity index is 671. The molecule has 2 rings (SSSR count). The molecule has 0 radical (unpaired) electrons. The standard InChI is InChI=1S/C14H11FN2O4/c15-11-6-2-1-4-9(11)8-16-13-10(14(18)19)5-3-7-12(13)17(20)21/h1-7,16H,8H2,(H,18,19). The summed E-state index contributed by atoms with van der Waals surface area (Å²) in [6.07, 6.45) is 0. The van der Waals surface area contributed by atoms with Crippen molar-refractivity contribution in [1.29, 1.82) is 0 Å². The third-order valence-corrected chi connectivity index (χ3v) is 2.88. The molecule has 6 nitrogen and oxygen atoms in total. The third kappa shape index (κ3) is 3.14. The SMILES string of the molecule is O=C(O)c1cccc([N+](=O)[O-])c1NCc1ccccc1F. The number of nitrogens with zero attached hydrogens (tertiary/aromatic N) is 1. The molecule has 0 aliphatic carbocycles. The summed E-state index contributed by atoms with van der Waals surface area (Å²) in [5.41, 5.74) is -0.461. The van der Waals surface area contributed by atoms with E-state index in [9.17, 15) is 19.3 Å². The molecule has 2 aromatic carbocycles. The molecule has 0 fully saturated rings. The summed E-state index contributed by atoms with van der Waals surface area (Å²) in [7, 11) is 0. The summed E-state index contributed by atoms with van der Waals surface area (Å²) in [4.78, 5) is 21.4. The second-order valence-corrected chi connectivity index (χ2v) is 4.21. The summed E-state index contributed by atoms with van der Waals surface area (Å²) in [5.74, 6) is -1.77. The van der Waals surface area contributed by atoms with Crippen LogP contribution in [0.2, 0.25) is 0 Å². The van der Waals surface area contributed by atoms with Crippen LogP contribution in [0.25, 0.3) is 0 Å². The Morgan fingerprint density at radius 3 is 2.57 bits per heavy atom. The lowest BCUT2D eigenvalue weighted by molar-refractivity contribution is -0.384. The van der Waals surface area contributed by atoms with E-state index in [-0.39, 0.29) is 29.0 Å². The predicted molar refractivity (Wildman–Crippen MR) is 73.8 cm³/mol. The Morgan fingerprint density at radius 1 is 1.24 bits per heavy atom. The molecule has 0 spiro atoms. The van der Waals surface area contributed by atoms with Gasteiger partial charge in [-0.3, -0.25) is 10.1 Å². The monoisotopic (exact) mass is 290 g/mol. The minimum absolute atomic E-state index is 0.0577. The molecule has 2 aromatic rings. The van der Waals surface area contributed by atoms with Crippen LogP contribution in [0.1, 0.15) is 15.9 Å². The first kappa shape index (κ1) is 14.4. The van der Waals surface area contributed by atoms with Crippen molar-refractivity contribution in [3.8, 4) is 0 Å². The first-order chi connectivity index (χ1) is 10.0. The maximum absolute atomic E-state index is 13.5. The van der Waals surface area contributed by atoms with Crippen molar-refractivity contribution in [2.75, 3.05) is 5.32 Å². The maximum atomic E-state index is 13.5. The number of anilines is 1. The Kier molecular flexibility index (Phi) is 4.13. The first-order valence-corrected chi connectivity index (χ1v) is 5.98. The van der Waals surface area contributed by atoms with Gasteiger partial charge in [0.05, 0.1) is 10.5 Å². The lowest BCUT2D eigenvalue weighted by atomic mass is 10.1. The van der Waals surface area contributed by atoms with Gasteiger partial charge < -0.3 is 10.4 Å². The van der Waals surface area contributed by atoms with Crippen molar-refractivity contribution in [2.24, 2.45) is 0 Å². The molecule has 0 amide bonds. The molecule has 0 heterocycles. The molecular weight excluding hydrogens is 279 g/mol. The lowest BCUT2D eigenvalue weighted by Gasteiger charge is -2.10. The van der Waals surface area contributed by atoms with E-state index >= 15 is 0 Å². The number of nitro benzene ring substituents is 1. The highest BCUT2D eigenvalue weighted by Crippen LogP contribution is 2.29. The fraction of sp³-hybridized carbons (Fsp3) is 0.0714. The average molecular weight is 290 g/mol.